The van der Waals surface area contributed by atoms with Gasteiger partial charge in [-0.25, -0.2) is 23.2 Å². The maximum absolute atomic E-state index is 15.1. The number of halogens is 3. The Kier molecular flexibility index (Phi) is 5.22. The number of carbonyl (C=O) groups is 1. The largest absolute Gasteiger partial charge is 0.348 e. The van der Waals surface area contributed by atoms with Gasteiger partial charge < -0.3 is 5.32 Å². The van der Waals surface area contributed by atoms with E-state index in [-0.39, 0.29) is 28.8 Å². The van der Waals surface area contributed by atoms with E-state index in [4.69, 9.17) is 11.6 Å². The van der Waals surface area contributed by atoms with Gasteiger partial charge in [-0.2, -0.15) is 5.10 Å². The molecule has 1 saturated carbocycles. The van der Waals surface area contributed by atoms with Crippen LogP contribution in [-0.2, 0) is 11.2 Å². The molecule has 1 saturated heterocycles. The fourth-order valence-electron chi connectivity index (χ4n) is 4.51. The van der Waals surface area contributed by atoms with E-state index < -0.39 is 22.7 Å². The highest BCUT2D eigenvalue weighted by Crippen LogP contribution is 2.42. The van der Waals surface area contributed by atoms with E-state index in [1.54, 1.807) is 12.1 Å². The van der Waals surface area contributed by atoms with E-state index >= 15 is 4.39 Å². The average molecular weight is 459 g/mol. The lowest BCUT2D eigenvalue weighted by Gasteiger charge is -2.26. The number of H-pyrrole nitrogens is 1. The van der Waals surface area contributed by atoms with Crippen molar-refractivity contribution >= 4 is 17.4 Å². The van der Waals surface area contributed by atoms with Crippen LogP contribution in [0.5, 0.6) is 0 Å². The van der Waals surface area contributed by atoms with E-state index in [0.717, 1.165) is 12.8 Å². The summed E-state index contributed by atoms with van der Waals surface area (Å²) in [7, 11) is 0. The van der Waals surface area contributed by atoms with Crippen LogP contribution >= 0.6 is 11.6 Å². The molecular weight excluding hydrogens is 438 g/mol. The van der Waals surface area contributed by atoms with Gasteiger partial charge in [0.1, 0.15) is 23.2 Å². The number of nitrogens with zero attached hydrogens (tertiary/aromatic N) is 2. The zero-order valence-electron chi connectivity index (χ0n) is 17.1. The molecule has 166 valence electrons. The number of Topliss-reactive ketones (excluding diaryl/α,β-unsaturated/α-hetero) is 1. The lowest BCUT2D eigenvalue weighted by molar-refractivity contribution is -0.129. The Balaban J connectivity index is 1.51. The Labute approximate surface area is 187 Å². The van der Waals surface area contributed by atoms with Crippen LogP contribution in [-0.4, -0.2) is 33.6 Å². The topological polar surface area (TPSA) is 79.8 Å². The second kappa shape index (κ2) is 7.94. The fraction of sp³-hybridized carbons (Fsp3) is 0.348. The fourth-order valence-corrected chi connectivity index (χ4v) is 4.63. The Morgan fingerprint density at radius 1 is 1.16 bits per heavy atom. The number of ketones is 1. The molecule has 2 aliphatic rings. The molecule has 1 aromatic heterocycles. The number of hydrogen-bond donors (Lipinski definition) is 2. The van der Waals surface area contributed by atoms with Crippen LogP contribution in [0, 0.1) is 23.0 Å². The molecule has 0 amide bonds. The second-order valence-corrected chi connectivity index (χ2v) is 9.01. The Morgan fingerprint density at radius 3 is 2.50 bits per heavy atom. The summed E-state index contributed by atoms with van der Waals surface area (Å²) in [5.41, 5.74) is -0.286. The molecule has 5 rings (SSSR count). The van der Waals surface area contributed by atoms with Gasteiger partial charge in [0, 0.05) is 24.3 Å². The van der Waals surface area contributed by atoms with Crippen LogP contribution in [0.15, 0.2) is 41.2 Å². The minimum Gasteiger partial charge on any atom is -0.316 e. The van der Waals surface area contributed by atoms with Crippen molar-refractivity contribution in [2.45, 2.75) is 25.7 Å². The predicted molar refractivity (Wildman–Crippen MR) is 116 cm³/mol. The minimum absolute atomic E-state index is 0.0171. The molecule has 0 bridgehead atoms. The molecule has 1 aliphatic heterocycles. The number of carbonyl (C=O) groups excluding carboxylic acids is 1. The molecule has 3 aromatic rings. The lowest BCUT2D eigenvalue weighted by atomic mass is 9.77. The van der Waals surface area contributed by atoms with Gasteiger partial charge in [0.25, 0.3) is 0 Å². The highest BCUT2D eigenvalue weighted by molar-refractivity contribution is 6.30. The van der Waals surface area contributed by atoms with Crippen molar-refractivity contribution in [1.29, 1.82) is 0 Å². The van der Waals surface area contributed by atoms with E-state index in [9.17, 15) is 14.0 Å². The molecule has 2 N–H and O–H groups in total. The van der Waals surface area contributed by atoms with Crippen molar-refractivity contribution < 1.29 is 13.6 Å². The number of hydrogen-bond acceptors (Lipinski definition) is 4. The normalized spacial score (nSPS) is 20.6. The summed E-state index contributed by atoms with van der Waals surface area (Å²) < 4.78 is 30.1. The van der Waals surface area contributed by atoms with Gasteiger partial charge >= 0.3 is 5.69 Å². The maximum Gasteiger partial charge on any atom is 0.348 e. The first-order valence-corrected chi connectivity index (χ1v) is 10.9. The molecular formula is C23H21ClF2N4O2. The Bertz CT molecular complexity index is 1260. The number of aromatic amines is 1. The first kappa shape index (κ1) is 21.0. The van der Waals surface area contributed by atoms with Crippen LogP contribution in [0.4, 0.5) is 8.78 Å². The van der Waals surface area contributed by atoms with Crippen molar-refractivity contribution in [3.05, 3.63) is 69.4 Å². The highest BCUT2D eigenvalue weighted by Gasteiger charge is 2.48. The van der Waals surface area contributed by atoms with Crippen molar-refractivity contribution in [3.63, 3.8) is 0 Å². The highest BCUT2D eigenvalue weighted by atomic mass is 35.5. The van der Waals surface area contributed by atoms with Crippen LogP contribution in [0.25, 0.3) is 16.8 Å². The summed E-state index contributed by atoms with van der Waals surface area (Å²) in [4.78, 5) is 25.6. The number of benzene rings is 2. The molecule has 1 atom stereocenters. The van der Waals surface area contributed by atoms with Gasteiger partial charge in [-0.3, -0.25) is 4.79 Å². The molecule has 0 radical (unpaired) electrons. The van der Waals surface area contributed by atoms with Crippen molar-refractivity contribution in [2.24, 2.45) is 11.3 Å². The SMILES string of the molecule is O=C(C1CC1)[C@]1(Cc2n[nH]c(=O)n2-c2ccc(-c3ccc(Cl)c(F)c3)cc2F)CCNC1. The van der Waals surface area contributed by atoms with Crippen LogP contribution in [0.3, 0.4) is 0 Å². The zero-order chi connectivity index (χ0) is 22.5. The number of aromatic nitrogens is 3. The van der Waals surface area contributed by atoms with Gasteiger partial charge in [0.15, 0.2) is 0 Å². The van der Waals surface area contributed by atoms with E-state index in [0.29, 0.717) is 36.5 Å². The van der Waals surface area contributed by atoms with E-state index in [2.05, 4.69) is 15.5 Å². The molecule has 2 fully saturated rings. The average Bonchev–Trinajstić information content (AvgIpc) is 3.42. The molecule has 9 heteroatoms. The van der Waals surface area contributed by atoms with Crippen LogP contribution < -0.4 is 11.0 Å². The van der Waals surface area contributed by atoms with E-state index in [1.807, 2.05) is 0 Å². The quantitative estimate of drug-likeness (QED) is 0.591. The van der Waals surface area contributed by atoms with E-state index in [1.165, 1.54) is 28.8 Å². The zero-order valence-corrected chi connectivity index (χ0v) is 17.9. The summed E-state index contributed by atoms with van der Waals surface area (Å²) in [6.45, 7) is 1.24. The smallest absolute Gasteiger partial charge is 0.316 e. The standard InChI is InChI=1S/C23H21ClF2N4O2/c24-16-5-3-14(9-17(16)25)15-4-6-19(18(26)10-15)30-20(28-29-22(30)32)11-23(7-8-27-12-23)21(31)13-1-2-13/h3-6,9-10,13,27H,1-2,7-8,11-12H2,(H,29,32)/t23-/m0/s1. The monoisotopic (exact) mass is 458 g/mol. The number of rotatable bonds is 6. The predicted octanol–water partition coefficient (Wildman–Crippen LogP) is 3.66. The van der Waals surface area contributed by atoms with Crippen molar-refractivity contribution in [1.82, 2.24) is 20.1 Å². The van der Waals surface area contributed by atoms with Gasteiger partial charge in [0.05, 0.1) is 10.7 Å². The molecule has 0 spiro atoms. The van der Waals surface area contributed by atoms with Crippen LogP contribution in [0.2, 0.25) is 5.02 Å². The summed E-state index contributed by atoms with van der Waals surface area (Å²) >= 11 is 5.73. The summed E-state index contributed by atoms with van der Waals surface area (Å²) in [5.74, 6) is -0.667. The third-order valence-corrected chi connectivity index (χ3v) is 6.70. The lowest BCUT2D eigenvalue weighted by Crippen LogP contribution is -2.38. The van der Waals surface area contributed by atoms with Crippen LogP contribution in [0.1, 0.15) is 25.1 Å². The molecule has 32 heavy (non-hydrogen) atoms. The molecule has 2 heterocycles. The number of nitrogens with one attached hydrogen (secondary N) is 2. The van der Waals surface area contributed by atoms with Gasteiger partial charge in [-0.1, -0.05) is 23.7 Å². The molecule has 1 aliphatic carbocycles. The third kappa shape index (κ3) is 3.67. The van der Waals surface area contributed by atoms with Gasteiger partial charge in [-0.15, -0.1) is 0 Å². The van der Waals surface area contributed by atoms with Gasteiger partial charge in [0.2, 0.25) is 0 Å². The molecule has 2 aromatic carbocycles. The molecule has 6 nitrogen and oxygen atoms in total. The Morgan fingerprint density at radius 2 is 1.88 bits per heavy atom. The summed E-state index contributed by atoms with van der Waals surface area (Å²) in [6.07, 6.45) is 2.70. The first-order chi connectivity index (χ1) is 15.4. The summed E-state index contributed by atoms with van der Waals surface area (Å²) in [6, 6.07) is 8.53. The summed E-state index contributed by atoms with van der Waals surface area (Å²) in [5, 5.41) is 9.74. The second-order valence-electron chi connectivity index (χ2n) is 8.60. The van der Waals surface area contributed by atoms with Gasteiger partial charge in [-0.05, 0) is 61.2 Å². The van der Waals surface area contributed by atoms with Crippen molar-refractivity contribution in [2.75, 3.05) is 13.1 Å². The first-order valence-electron chi connectivity index (χ1n) is 10.5. The maximum atomic E-state index is 15.1. The minimum atomic E-state index is -0.658. The molecule has 0 unspecified atom stereocenters. The van der Waals surface area contributed by atoms with Crippen molar-refractivity contribution in [3.8, 4) is 16.8 Å². The Hall–Kier alpha value is -2.84. The third-order valence-electron chi connectivity index (χ3n) is 6.39.